The van der Waals surface area contributed by atoms with E-state index in [1.54, 1.807) is 24.5 Å². The van der Waals surface area contributed by atoms with Crippen LogP contribution >= 0.6 is 11.3 Å². The molecule has 2 aromatic heterocycles. The molecule has 150 valence electrons. The summed E-state index contributed by atoms with van der Waals surface area (Å²) >= 11 is 1.92. The zero-order valence-electron chi connectivity index (χ0n) is 16.5. The number of aliphatic hydroxyl groups is 1. The quantitative estimate of drug-likeness (QED) is 0.858. The van der Waals surface area contributed by atoms with Crippen molar-refractivity contribution in [3.63, 3.8) is 0 Å². The molecule has 2 saturated heterocycles. The molecule has 0 aliphatic carbocycles. The lowest BCUT2D eigenvalue weighted by molar-refractivity contribution is -0.0336. The predicted octanol–water partition coefficient (Wildman–Crippen LogP) is 3.19. The van der Waals surface area contributed by atoms with E-state index in [4.69, 9.17) is 0 Å². The number of aryl methyl sites for hydroxylation is 1. The van der Waals surface area contributed by atoms with Gasteiger partial charge in [0.15, 0.2) is 0 Å². The van der Waals surface area contributed by atoms with Gasteiger partial charge in [0.05, 0.1) is 11.7 Å². The maximum Gasteiger partial charge on any atom is 0.255 e. The van der Waals surface area contributed by atoms with Gasteiger partial charge in [-0.2, -0.15) is 0 Å². The molecule has 1 spiro atoms. The van der Waals surface area contributed by atoms with E-state index in [1.165, 1.54) is 9.75 Å². The maximum absolute atomic E-state index is 12.9. The minimum Gasteiger partial charge on any atom is -0.391 e. The first-order valence-corrected chi connectivity index (χ1v) is 11.1. The molecule has 28 heavy (non-hydrogen) atoms. The second kappa shape index (κ2) is 8.31. The van der Waals surface area contributed by atoms with Gasteiger partial charge in [0.25, 0.3) is 5.91 Å². The normalized spacial score (nSPS) is 22.5. The number of likely N-dealkylation sites (tertiary alicyclic amines) is 2. The molecular formula is C22H29N3O2S. The van der Waals surface area contributed by atoms with Crippen molar-refractivity contribution in [1.29, 1.82) is 0 Å². The molecule has 2 aliphatic rings. The molecule has 0 bridgehead atoms. The van der Waals surface area contributed by atoms with Crippen LogP contribution in [0, 0.1) is 5.41 Å². The van der Waals surface area contributed by atoms with Gasteiger partial charge >= 0.3 is 0 Å². The summed E-state index contributed by atoms with van der Waals surface area (Å²) in [7, 11) is 0. The van der Waals surface area contributed by atoms with Gasteiger partial charge in [-0.05, 0) is 68.5 Å². The van der Waals surface area contributed by atoms with E-state index in [2.05, 4.69) is 28.9 Å². The number of aliphatic hydroxyl groups excluding tert-OH is 1. The summed E-state index contributed by atoms with van der Waals surface area (Å²) in [6.07, 6.45) is 6.83. The Morgan fingerprint density at radius 2 is 2.07 bits per heavy atom. The van der Waals surface area contributed by atoms with Crippen molar-refractivity contribution in [2.24, 2.45) is 5.41 Å². The van der Waals surface area contributed by atoms with Crippen LogP contribution in [0.2, 0.25) is 0 Å². The van der Waals surface area contributed by atoms with E-state index in [9.17, 15) is 9.90 Å². The van der Waals surface area contributed by atoms with E-state index in [0.717, 1.165) is 51.9 Å². The molecule has 2 aromatic rings. The second-order valence-corrected chi connectivity index (χ2v) is 9.54. The highest BCUT2D eigenvalue weighted by atomic mass is 32.1. The number of amides is 1. The molecule has 2 aliphatic heterocycles. The number of nitrogens with zero attached hydrogens (tertiary/aromatic N) is 3. The van der Waals surface area contributed by atoms with Crippen LogP contribution in [-0.2, 0) is 13.0 Å². The van der Waals surface area contributed by atoms with Gasteiger partial charge in [-0.15, -0.1) is 11.3 Å². The van der Waals surface area contributed by atoms with Gasteiger partial charge in [-0.3, -0.25) is 14.7 Å². The van der Waals surface area contributed by atoms with Crippen molar-refractivity contribution in [2.75, 3.05) is 26.2 Å². The smallest absolute Gasteiger partial charge is 0.255 e. The van der Waals surface area contributed by atoms with Gasteiger partial charge in [0.2, 0.25) is 0 Å². The Hall–Kier alpha value is -1.76. The molecule has 6 heteroatoms. The fourth-order valence-electron chi connectivity index (χ4n) is 4.64. The zero-order valence-corrected chi connectivity index (χ0v) is 17.3. The zero-order chi connectivity index (χ0) is 19.6. The molecule has 4 rings (SSSR count). The van der Waals surface area contributed by atoms with Crippen LogP contribution in [0.15, 0.2) is 36.7 Å². The summed E-state index contributed by atoms with van der Waals surface area (Å²) in [6.45, 7) is 6.44. The number of piperidine rings is 2. The number of carbonyl (C=O) groups is 1. The largest absolute Gasteiger partial charge is 0.391 e. The van der Waals surface area contributed by atoms with Crippen LogP contribution in [0.5, 0.6) is 0 Å². The van der Waals surface area contributed by atoms with Crippen LogP contribution in [0.4, 0.5) is 0 Å². The molecule has 2 fully saturated rings. The standard InChI is InChI=1S/C22H29N3O2S/c1-2-19-5-6-20(28-19)15-24-10-7-22(8-11-24)12-18(26)14-25(16-22)21(27)17-4-3-9-23-13-17/h3-6,9,13,18,26H,2,7-8,10-12,14-16H2,1H3. The number of thiophene rings is 1. The van der Waals surface area contributed by atoms with Crippen LogP contribution in [0.25, 0.3) is 0 Å². The molecule has 0 radical (unpaired) electrons. The molecule has 5 nitrogen and oxygen atoms in total. The first-order valence-electron chi connectivity index (χ1n) is 10.2. The number of hydrogen-bond donors (Lipinski definition) is 1. The van der Waals surface area contributed by atoms with Crippen molar-refractivity contribution in [1.82, 2.24) is 14.8 Å². The lowest BCUT2D eigenvalue weighted by Gasteiger charge is -2.49. The van der Waals surface area contributed by atoms with E-state index in [1.807, 2.05) is 16.2 Å². The predicted molar refractivity (Wildman–Crippen MR) is 111 cm³/mol. The maximum atomic E-state index is 12.9. The Labute approximate surface area is 171 Å². The van der Waals surface area contributed by atoms with E-state index in [0.29, 0.717) is 12.1 Å². The average molecular weight is 400 g/mol. The molecule has 1 atom stereocenters. The summed E-state index contributed by atoms with van der Waals surface area (Å²) in [6, 6.07) is 8.09. The first-order chi connectivity index (χ1) is 13.6. The molecule has 1 amide bonds. The van der Waals surface area contributed by atoms with E-state index < -0.39 is 6.10 Å². The number of carbonyl (C=O) groups excluding carboxylic acids is 1. The molecule has 0 aromatic carbocycles. The number of pyridine rings is 1. The van der Waals surface area contributed by atoms with Crippen LogP contribution in [-0.4, -0.2) is 58.1 Å². The number of aromatic nitrogens is 1. The van der Waals surface area contributed by atoms with Crippen molar-refractivity contribution in [3.8, 4) is 0 Å². The third-order valence-electron chi connectivity index (χ3n) is 6.18. The summed E-state index contributed by atoms with van der Waals surface area (Å²) in [5, 5.41) is 10.5. The van der Waals surface area contributed by atoms with Crippen molar-refractivity contribution in [3.05, 3.63) is 52.0 Å². The summed E-state index contributed by atoms with van der Waals surface area (Å²) < 4.78 is 0. The SMILES string of the molecule is CCc1ccc(CN2CCC3(CC2)CC(O)CN(C(=O)c2cccnc2)C3)s1. The Balaban J connectivity index is 1.38. The van der Waals surface area contributed by atoms with Gasteiger partial charge in [0, 0.05) is 41.8 Å². The summed E-state index contributed by atoms with van der Waals surface area (Å²) in [4.78, 5) is 24.2. The summed E-state index contributed by atoms with van der Waals surface area (Å²) in [5.74, 6) is -0.0145. The number of β-amino-alcohol motifs (C(OH)–C–C–N with tert-alkyl or cyclic N) is 1. The van der Waals surface area contributed by atoms with E-state index in [-0.39, 0.29) is 11.3 Å². The minimum atomic E-state index is -0.440. The highest BCUT2D eigenvalue weighted by Crippen LogP contribution is 2.40. The summed E-state index contributed by atoms with van der Waals surface area (Å²) in [5.41, 5.74) is 0.643. The molecule has 1 N–H and O–H groups in total. The van der Waals surface area contributed by atoms with Crippen molar-refractivity contribution < 1.29 is 9.90 Å². The molecule has 1 unspecified atom stereocenters. The van der Waals surface area contributed by atoms with Gasteiger partial charge < -0.3 is 10.0 Å². The third kappa shape index (κ3) is 4.29. The molecule has 4 heterocycles. The van der Waals surface area contributed by atoms with Gasteiger partial charge in [-0.25, -0.2) is 0 Å². The van der Waals surface area contributed by atoms with Crippen LogP contribution < -0.4 is 0 Å². The van der Waals surface area contributed by atoms with Crippen LogP contribution in [0.3, 0.4) is 0 Å². The Bertz CT molecular complexity index is 799. The average Bonchev–Trinajstić information content (AvgIpc) is 3.17. The van der Waals surface area contributed by atoms with Crippen molar-refractivity contribution in [2.45, 2.75) is 45.3 Å². The molecule has 0 saturated carbocycles. The third-order valence-corrected chi connectivity index (χ3v) is 7.40. The second-order valence-electron chi connectivity index (χ2n) is 8.28. The fraction of sp³-hybridized carbons (Fsp3) is 0.545. The first kappa shape index (κ1) is 19.6. The Morgan fingerprint density at radius 1 is 1.29 bits per heavy atom. The highest BCUT2D eigenvalue weighted by molar-refractivity contribution is 7.11. The Kier molecular flexibility index (Phi) is 5.80. The lowest BCUT2D eigenvalue weighted by atomic mass is 9.71. The fourth-order valence-corrected chi connectivity index (χ4v) is 5.65. The molecular weight excluding hydrogens is 370 g/mol. The van der Waals surface area contributed by atoms with Gasteiger partial charge in [-0.1, -0.05) is 6.92 Å². The number of rotatable bonds is 4. The highest BCUT2D eigenvalue weighted by Gasteiger charge is 2.43. The monoisotopic (exact) mass is 399 g/mol. The lowest BCUT2D eigenvalue weighted by Crippen LogP contribution is -2.55. The van der Waals surface area contributed by atoms with Crippen molar-refractivity contribution >= 4 is 17.2 Å². The number of hydrogen-bond acceptors (Lipinski definition) is 5. The van der Waals surface area contributed by atoms with E-state index >= 15 is 0 Å². The van der Waals surface area contributed by atoms with Gasteiger partial charge in [0.1, 0.15) is 0 Å². The Morgan fingerprint density at radius 3 is 2.75 bits per heavy atom. The minimum absolute atomic E-state index is 0.0145. The topological polar surface area (TPSA) is 56.7 Å². The van der Waals surface area contributed by atoms with Crippen LogP contribution in [0.1, 0.15) is 46.3 Å².